The van der Waals surface area contributed by atoms with Crippen LogP contribution in [0.3, 0.4) is 0 Å². The Kier molecular flexibility index (Phi) is 5.90. The standard InChI is InChI=1S/C24H24F3NO4/c1-14-6-8-16(9-7-14)31-22-20(30)17-10-11-19(29)18(13-28-12-4-3-5-15(28)2)21(17)32-23(22)24(25,26)27/h6-11,15,29H,3-5,12-13H2,1-2H3/p+1/t15-/m0/s1. The molecule has 0 saturated carbocycles. The number of aryl methyl sites for hydroxylation is 1. The smallest absolute Gasteiger partial charge is 0.453 e. The summed E-state index contributed by atoms with van der Waals surface area (Å²) in [4.78, 5) is 14.2. The second kappa shape index (κ2) is 8.50. The average Bonchev–Trinajstić information content (AvgIpc) is 2.74. The Morgan fingerprint density at radius 2 is 1.88 bits per heavy atom. The van der Waals surface area contributed by atoms with Crippen LogP contribution < -0.4 is 15.1 Å². The van der Waals surface area contributed by atoms with Gasteiger partial charge in [-0.3, -0.25) is 4.79 Å². The molecule has 0 bridgehead atoms. The molecular formula is C24H25F3NO4+. The maximum atomic E-state index is 13.9. The van der Waals surface area contributed by atoms with Crippen molar-refractivity contribution in [1.82, 2.24) is 0 Å². The van der Waals surface area contributed by atoms with Crippen molar-refractivity contribution in [2.75, 3.05) is 6.54 Å². The number of fused-ring (bicyclic) bond motifs is 1. The van der Waals surface area contributed by atoms with Gasteiger partial charge in [-0.05, 0) is 57.4 Å². The third-order valence-corrected chi connectivity index (χ3v) is 6.08. The van der Waals surface area contributed by atoms with Gasteiger partial charge in [0.05, 0.1) is 23.5 Å². The number of nitrogens with one attached hydrogen (secondary N) is 1. The fourth-order valence-electron chi connectivity index (χ4n) is 4.20. The molecule has 0 amide bonds. The van der Waals surface area contributed by atoms with E-state index in [1.165, 1.54) is 24.3 Å². The van der Waals surface area contributed by atoms with Crippen LogP contribution in [0.4, 0.5) is 13.2 Å². The second-order valence-electron chi connectivity index (χ2n) is 8.42. The van der Waals surface area contributed by atoms with Gasteiger partial charge >= 0.3 is 6.18 Å². The molecule has 8 heteroatoms. The van der Waals surface area contributed by atoms with Crippen molar-refractivity contribution in [3.8, 4) is 17.2 Å². The van der Waals surface area contributed by atoms with Crippen molar-refractivity contribution in [2.45, 2.75) is 51.9 Å². The summed E-state index contributed by atoms with van der Waals surface area (Å²) in [5, 5.41) is 10.4. The number of quaternary nitrogens is 1. The van der Waals surface area contributed by atoms with Gasteiger partial charge in [0, 0.05) is 0 Å². The first kappa shape index (κ1) is 22.2. The van der Waals surface area contributed by atoms with Crippen LogP contribution in [-0.2, 0) is 12.7 Å². The van der Waals surface area contributed by atoms with E-state index in [1.807, 2.05) is 6.92 Å². The average molecular weight is 448 g/mol. The van der Waals surface area contributed by atoms with Crippen LogP contribution in [0.15, 0.2) is 45.6 Å². The van der Waals surface area contributed by atoms with E-state index in [0.29, 0.717) is 0 Å². The number of piperidine rings is 1. The molecule has 2 atom stereocenters. The summed E-state index contributed by atoms with van der Waals surface area (Å²) in [6.45, 7) is 5.00. The number of phenols is 1. The quantitative estimate of drug-likeness (QED) is 0.614. The molecule has 2 aromatic carbocycles. The largest absolute Gasteiger partial charge is 0.507 e. The Labute approximate surface area is 183 Å². The third-order valence-electron chi connectivity index (χ3n) is 6.08. The molecule has 1 fully saturated rings. The number of halogens is 3. The minimum Gasteiger partial charge on any atom is -0.507 e. The summed E-state index contributed by atoms with van der Waals surface area (Å²) in [7, 11) is 0. The van der Waals surface area contributed by atoms with Crippen LogP contribution in [0, 0.1) is 6.92 Å². The van der Waals surface area contributed by atoms with Crippen molar-refractivity contribution >= 4 is 11.0 Å². The molecule has 5 nitrogen and oxygen atoms in total. The molecule has 32 heavy (non-hydrogen) atoms. The molecule has 1 aliphatic rings. The highest BCUT2D eigenvalue weighted by Crippen LogP contribution is 2.39. The molecular weight excluding hydrogens is 423 g/mol. The Balaban J connectivity index is 1.87. The van der Waals surface area contributed by atoms with Gasteiger partial charge in [-0.15, -0.1) is 0 Å². The van der Waals surface area contributed by atoms with Gasteiger partial charge in [-0.2, -0.15) is 13.2 Å². The Morgan fingerprint density at radius 3 is 2.53 bits per heavy atom. The SMILES string of the molecule is Cc1ccc(Oc2c(C(F)(F)F)oc3c(C[NH+]4CCCC[C@@H]4C)c(O)ccc3c2=O)cc1. The topological polar surface area (TPSA) is 64.1 Å². The molecule has 2 N–H and O–H groups in total. The highest BCUT2D eigenvalue weighted by molar-refractivity contribution is 5.83. The summed E-state index contributed by atoms with van der Waals surface area (Å²) in [5.41, 5.74) is -0.0739. The predicted molar refractivity (Wildman–Crippen MR) is 113 cm³/mol. The van der Waals surface area contributed by atoms with Crippen molar-refractivity contribution in [3.63, 3.8) is 0 Å². The van der Waals surface area contributed by atoms with Crippen molar-refractivity contribution < 1.29 is 32.3 Å². The van der Waals surface area contributed by atoms with E-state index >= 15 is 0 Å². The van der Waals surface area contributed by atoms with Crippen LogP contribution in [0.5, 0.6) is 17.2 Å². The van der Waals surface area contributed by atoms with Crippen molar-refractivity contribution in [2.24, 2.45) is 0 Å². The first-order valence-corrected chi connectivity index (χ1v) is 10.6. The van der Waals surface area contributed by atoms with Crippen LogP contribution in [0.1, 0.15) is 43.1 Å². The van der Waals surface area contributed by atoms with Gasteiger partial charge in [0.1, 0.15) is 18.0 Å². The van der Waals surface area contributed by atoms with E-state index in [4.69, 9.17) is 9.15 Å². The molecule has 2 heterocycles. The lowest BCUT2D eigenvalue weighted by atomic mass is 10.0. The number of phenolic OH excluding ortho intramolecular Hbond substituents is 1. The van der Waals surface area contributed by atoms with Gasteiger partial charge in [-0.25, -0.2) is 0 Å². The van der Waals surface area contributed by atoms with Crippen LogP contribution in [0.2, 0.25) is 0 Å². The van der Waals surface area contributed by atoms with E-state index in [-0.39, 0.29) is 40.6 Å². The van der Waals surface area contributed by atoms with E-state index in [2.05, 4.69) is 6.92 Å². The zero-order chi connectivity index (χ0) is 23.0. The van der Waals surface area contributed by atoms with E-state index in [9.17, 15) is 23.1 Å². The number of hydrogen-bond acceptors (Lipinski definition) is 4. The van der Waals surface area contributed by atoms with E-state index < -0.39 is 23.1 Å². The van der Waals surface area contributed by atoms with Crippen molar-refractivity contribution in [1.29, 1.82) is 0 Å². The molecule has 1 aliphatic heterocycles. The number of rotatable bonds is 4. The lowest BCUT2D eigenvalue weighted by Crippen LogP contribution is -3.14. The van der Waals surface area contributed by atoms with Crippen molar-refractivity contribution in [3.05, 3.63) is 63.5 Å². The predicted octanol–water partition coefficient (Wildman–Crippen LogP) is 4.58. The fraction of sp³-hybridized carbons (Fsp3) is 0.375. The molecule has 0 spiro atoms. The molecule has 0 radical (unpaired) electrons. The van der Waals surface area contributed by atoms with Crippen LogP contribution in [-0.4, -0.2) is 17.7 Å². The molecule has 170 valence electrons. The van der Waals surface area contributed by atoms with Gasteiger partial charge < -0.3 is 19.2 Å². The highest BCUT2D eigenvalue weighted by atomic mass is 19.4. The van der Waals surface area contributed by atoms with Gasteiger partial charge in [-0.1, -0.05) is 17.7 Å². The second-order valence-corrected chi connectivity index (χ2v) is 8.42. The highest BCUT2D eigenvalue weighted by Gasteiger charge is 2.41. The molecule has 1 aromatic heterocycles. The van der Waals surface area contributed by atoms with Crippen LogP contribution >= 0.6 is 0 Å². The Hall–Kier alpha value is -3.00. The summed E-state index contributed by atoms with van der Waals surface area (Å²) in [6.07, 6.45) is -1.87. The van der Waals surface area contributed by atoms with E-state index in [0.717, 1.165) is 36.3 Å². The lowest BCUT2D eigenvalue weighted by molar-refractivity contribution is -0.941. The number of hydrogen-bond donors (Lipinski definition) is 2. The van der Waals surface area contributed by atoms with Gasteiger partial charge in [0.15, 0.2) is 5.58 Å². The fourth-order valence-corrected chi connectivity index (χ4v) is 4.20. The van der Waals surface area contributed by atoms with E-state index in [1.54, 1.807) is 12.1 Å². The molecule has 1 unspecified atom stereocenters. The summed E-state index contributed by atoms with van der Waals surface area (Å²) in [6, 6.07) is 9.21. The minimum absolute atomic E-state index is 0.0584. The Morgan fingerprint density at radius 1 is 1.16 bits per heavy atom. The van der Waals surface area contributed by atoms with Gasteiger partial charge in [0.25, 0.3) is 5.76 Å². The number of benzene rings is 2. The monoisotopic (exact) mass is 448 g/mol. The molecule has 0 aliphatic carbocycles. The normalized spacial score (nSPS) is 19.3. The number of ether oxygens (including phenoxy) is 1. The first-order chi connectivity index (χ1) is 15.1. The first-order valence-electron chi connectivity index (χ1n) is 10.6. The molecule has 3 aromatic rings. The zero-order valence-electron chi connectivity index (χ0n) is 17.9. The maximum Gasteiger partial charge on any atom is 0.453 e. The summed E-state index contributed by atoms with van der Waals surface area (Å²) >= 11 is 0. The summed E-state index contributed by atoms with van der Waals surface area (Å²) in [5.74, 6) is -2.52. The molecule has 1 saturated heterocycles. The maximum absolute atomic E-state index is 13.9. The minimum atomic E-state index is -4.96. The number of aromatic hydroxyl groups is 1. The number of alkyl halides is 3. The van der Waals surface area contributed by atoms with Gasteiger partial charge in [0.2, 0.25) is 11.2 Å². The third kappa shape index (κ3) is 4.32. The lowest BCUT2D eigenvalue weighted by Gasteiger charge is -2.30. The molecule has 4 rings (SSSR count). The Bertz CT molecular complexity index is 1190. The number of likely N-dealkylation sites (tertiary alicyclic amines) is 1. The summed E-state index contributed by atoms with van der Waals surface area (Å²) < 4.78 is 52.4. The van der Waals surface area contributed by atoms with Crippen LogP contribution in [0.25, 0.3) is 11.0 Å². The zero-order valence-corrected chi connectivity index (χ0v) is 17.9.